The zero-order valence-corrected chi connectivity index (χ0v) is 17.4. The van der Waals surface area contributed by atoms with Gasteiger partial charge in [-0.25, -0.2) is 4.79 Å². The Labute approximate surface area is 179 Å². The second-order valence-electron chi connectivity index (χ2n) is 7.66. The Balaban J connectivity index is 1.50. The Morgan fingerprint density at radius 1 is 0.967 bits per heavy atom. The maximum atomic E-state index is 12.9. The van der Waals surface area contributed by atoms with Crippen LogP contribution in [0.25, 0.3) is 10.8 Å². The molecule has 5 rings (SSSR count). The molecule has 0 saturated carbocycles. The fourth-order valence-electron chi connectivity index (χ4n) is 4.30. The van der Waals surface area contributed by atoms with Crippen LogP contribution < -0.4 is 11.4 Å². The predicted molar refractivity (Wildman–Crippen MR) is 123 cm³/mol. The molecular formula is C25H23N3OS. The van der Waals surface area contributed by atoms with Crippen LogP contribution in [-0.4, -0.2) is 9.55 Å². The summed E-state index contributed by atoms with van der Waals surface area (Å²) in [6.07, 6.45) is 2.91. The van der Waals surface area contributed by atoms with Crippen LogP contribution in [0.4, 0.5) is 0 Å². The third-order valence-corrected chi connectivity index (χ3v) is 6.82. The van der Waals surface area contributed by atoms with Crippen LogP contribution in [0.5, 0.6) is 0 Å². The van der Waals surface area contributed by atoms with Crippen LogP contribution in [0.2, 0.25) is 0 Å². The Kier molecular flexibility index (Phi) is 5.15. The first kappa shape index (κ1) is 19.1. The summed E-state index contributed by atoms with van der Waals surface area (Å²) in [4.78, 5) is 17.4. The molecule has 1 aliphatic rings. The molecule has 0 aliphatic heterocycles. The van der Waals surface area contributed by atoms with E-state index in [9.17, 15) is 4.79 Å². The lowest BCUT2D eigenvalue weighted by atomic mass is 10.0. The first-order valence-corrected chi connectivity index (χ1v) is 11.1. The molecule has 0 bridgehead atoms. The van der Waals surface area contributed by atoms with Gasteiger partial charge in [0, 0.05) is 11.3 Å². The van der Waals surface area contributed by atoms with Crippen molar-refractivity contribution in [2.75, 3.05) is 0 Å². The summed E-state index contributed by atoms with van der Waals surface area (Å²) >= 11 is 1.50. The van der Waals surface area contributed by atoms with Gasteiger partial charge in [0.25, 0.3) is 0 Å². The molecule has 1 atom stereocenters. The second-order valence-corrected chi connectivity index (χ2v) is 8.79. The topological polar surface area (TPSA) is 60.9 Å². The number of fused-ring (bicyclic) bond motifs is 2. The van der Waals surface area contributed by atoms with Gasteiger partial charge < -0.3 is 5.73 Å². The van der Waals surface area contributed by atoms with Crippen molar-refractivity contribution in [2.45, 2.75) is 36.2 Å². The number of benzene rings is 3. The van der Waals surface area contributed by atoms with E-state index in [0.717, 1.165) is 46.5 Å². The minimum atomic E-state index is -0.280. The van der Waals surface area contributed by atoms with E-state index >= 15 is 0 Å². The zero-order chi connectivity index (χ0) is 20.5. The SMILES string of the molecule is N[C@H](Sc1nc(=O)n(Cc2ccccc2)c2c1CCC2)c1cccc2ccccc12. The van der Waals surface area contributed by atoms with Crippen molar-refractivity contribution in [3.05, 3.63) is 106 Å². The van der Waals surface area contributed by atoms with E-state index in [4.69, 9.17) is 5.73 Å². The standard InChI is InChI=1S/C25H23N3OS/c26-23(20-13-6-11-18-10-4-5-12-19(18)20)30-24-21-14-7-15-22(21)28(25(29)27-24)16-17-8-2-1-3-9-17/h1-6,8-13,23H,7,14-16,26H2/t23-/m1/s1. The van der Waals surface area contributed by atoms with E-state index in [0.29, 0.717) is 6.54 Å². The number of aromatic nitrogens is 2. The van der Waals surface area contributed by atoms with Crippen molar-refractivity contribution in [1.29, 1.82) is 0 Å². The quantitative estimate of drug-likeness (QED) is 0.293. The maximum Gasteiger partial charge on any atom is 0.349 e. The van der Waals surface area contributed by atoms with Crippen molar-refractivity contribution < 1.29 is 0 Å². The summed E-state index contributed by atoms with van der Waals surface area (Å²) in [5.41, 5.74) is 10.9. The van der Waals surface area contributed by atoms with E-state index in [1.165, 1.54) is 22.7 Å². The van der Waals surface area contributed by atoms with Crippen molar-refractivity contribution in [3.8, 4) is 0 Å². The molecule has 3 aromatic carbocycles. The lowest BCUT2D eigenvalue weighted by Crippen LogP contribution is -2.28. The van der Waals surface area contributed by atoms with Gasteiger partial charge in [-0.15, -0.1) is 0 Å². The molecule has 0 unspecified atom stereocenters. The first-order valence-electron chi connectivity index (χ1n) is 10.3. The van der Waals surface area contributed by atoms with Gasteiger partial charge in [-0.3, -0.25) is 4.57 Å². The normalized spacial score (nSPS) is 14.0. The van der Waals surface area contributed by atoms with E-state index in [2.05, 4.69) is 29.2 Å². The Bertz CT molecular complexity index is 1260. The summed E-state index contributed by atoms with van der Waals surface area (Å²) in [5, 5.41) is 2.83. The molecule has 2 N–H and O–H groups in total. The number of nitrogens with two attached hydrogens (primary N) is 1. The van der Waals surface area contributed by atoms with Crippen molar-refractivity contribution >= 4 is 22.5 Å². The fraction of sp³-hybridized carbons (Fsp3) is 0.200. The molecule has 5 heteroatoms. The van der Waals surface area contributed by atoms with E-state index < -0.39 is 0 Å². The maximum absolute atomic E-state index is 12.9. The van der Waals surface area contributed by atoms with Crippen molar-refractivity contribution in [1.82, 2.24) is 9.55 Å². The zero-order valence-electron chi connectivity index (χ0n) is 16.6. The monoisotopic (exact) mass is 413 g/mol. The van der Waals surface area contributed by atoms with Crippen LogP contribution in [0.1, 0.15) is 34.2 Å². The highest BCUT2D eigenvalue weighted by Crippen LogP contribution is 2.37. The Morgan fingerprint density at radius 3 is 2.60 bits per heavy atom. The molecule has 4 nitrogen and oxygen atoms in total. The lowest BCUT2D eigenvalue weighted by molar-refractivity contribution is 0.666. The minimum absolute atomic E-state index is 0.188. The molecule has 0 spiro atoms. The number of hydrogen-bond donors (Lipinski definition) is 1. The molecular weight excluding hydrogens is 390 g/mol. The van der Waals surface area contributed by atoms with Gasteiger partial charge in [-0.05, 0) is 41.2 Å². The molecule has 0 saturated heterocycles. The van der Waals surface area contributed by atoms with E-state index in [1.807, 2.05) is 53.1 Å². The van der Waals surface area contributed by atoms with E-state index in [-0.39, 0.29) is 11.1 Å². The smallest absolute Gasteiger partial charge is 0.315 e. The number of hydrogen-bond acceptors (Lipinski definition) is 4. The molecule has 1 aliphatic carbocycles. The minimum Gasteiger partial charge on any atom is -0.315 e. The van der Waals surface area contributed by atoms with Gasteiger partial charge in [0.05, 0.1) is 11.9 Å². The Hall–Kier alpha value is -2.89. The predicted octanol–water partition coefficient (Wildman–Crippen LogP) is 4.68. The first-order chi connectivity index (χ1) is 14.7. The molecule has 4 aromatic rings. The summed E-state index contributed by atoms with van der Waals surface area (Å²) in [5.74, 6) is 0. The lowest BCUT2D eigenvalue weighted by Gasteiger charge is -2.18. The average Bonchev–Trinajstić information content (AvgIpc) is 3.27. The van der Waals surface area contributed by atoms with Gasteiger partial charge in [0.1, 0.15) is 5.03 Å². The van der Waals surface area contributed by atoms with Gasteiger partial charge in [-0.2, -0.15) is 4.98 Å². The van der Waals surface area contributed by atoms with Crippen LogP contribution in [0.15, 0.2) is 82.6 Å². The Morgan fingerprint density at radius 2 is 1.73 bits per heavy atom. The molecule has 0 radical (unpaired) electrons. The van der Waals surface area contributed by atoms with Crippen molar-refractivity contribution in [3.63, 3.8) is 0 Å². The molecule has 1 aromatic heterocycles. The van der Waals surface area contributed by atoms with Crippen molar-refractivity contribution in [2.24, 2.45) is 5.73 Å². The largest absolute Gasteiger partial charge is 0.349 e. The van der Waals surface area contributed by atoms with Crippen LogP contribution in [0.3, 0.4) is 0 Å². The highest BCUT2D eigenvalue weighted by Gasteiger charge is 2.24. The van der Waals surface area contributed by atoms with Gasteiger partial charge in [0.2, 0.25) is 0 Å². The van der Waals surface area contributed by atoms with Gasteiger partial charge >= 0.3 is 5.69 Å². The molecule has 0 amide bonds. The summed E-state index contributed by atoms with van der Waals surface area (Å²) in [6, 6.07) is 24.5. The highest BCUT2D eigenvalue weighted by atomic mass is 32.2. The second kappa shape index (κ2) is 8.09. The number of rotatable bonds is 5. The molecule has 30 heavy (non-hydrogen) atoms. The average molecular weight is 414 g/mol. The summed E-state index contributed by atoms with van der Waals surface area (Å²) in [6.45, 7) is 0.565. The van der Waals surface area contributed by atoms with Crippen LogP contribution in [-0.2, 0) is 19.4 Å². The van der Waals surface area contributed by atoms with Crippen LogP contribution >= 0.6 is 11.8 Å². The molecule has 1 heterocycles. The number of nitrogens with zero attached hydrogens (tertiary/aromatic N) is 2. The molecule has 150 valence electrons. The third-order valence-electron chi connectivity index (χ3n) is 5.75. The van der Waals surface area contributed by atoms with Crippen LogP contribution in [0, 0.1) is 0 Å². The summed E-state index contributed by atoms with van der Waals surface area (Å²) in [7, 11) is 0. The highest BCUT2D eigenvalue weighted by molar-refractivity contribution is 7.99. The third kappa shape index (κ3) is 3.55. The summed E-state index contributed by atoms with van der Waals surface area (Å²) < 4.78 is 1.84. The van der Waals surface area contributed by atoms with Gasteiger partial charge in [-0.1, -0.05) is 84.6 Å². The van der Waals surface area contributed by atoms with E-state index in [1.54, 1.807) is 0 Å². The van der Waals surface area contributed by atoms with Gasteiger partial charge in [0.15, 0.2) is 0 Å². The number of thioether (sulfide) groups is 1. The fourth-order valence-corrected chi connectivity index (χ4v) is 5.36. The molecule has 0 fully saturated rings.